The first-order valence-corrected chi connectivity index (χ1v) is 9.84. The van der Waals surface area contributed by atoms with Gasteiger partial charge in [-0.1, -0.05) is 18.2 Å². The number of fused-ring (bicyclic) bond motifs is 2. The maximum atomic E-state index is 12.8. The molecule has 1 amide bonds. The van der Waals surface area contributed by atoms with E-state index in [9.17, 15) is 27.9 Å². The molecular formula is C17H17NO8S. The van der Waals surface area contributed by atoms with Crippen LogP contribution in [0.2, 0.25) is 0 Å². The number of hydrogen-bond acceptors (Lipinski definition) is 8. The molecule has 3 aliphatic rings. The van der Waals surface area contributed by atoms with E-state index in [1.54, 1.807) is 18.2 Å². The van der Waals surface area contributed by atoms with Crippen molar-refractivity contribution < 1.29 is 37.4 Å². The summed E-state index contributed by atoms with van der Waals surface area (Å²) in [5.41, 5.74) is 0.612. The lowest BCUT2D eigenvalue weighted by Crippen LogP contribution is -2.64. The second-order valence-corrected chi connectivity index (χ2v) is 9.86. The molecule has 144 valence electrons. The van der Waals surface area contributed by atoms with Gasteiger partial charge in [0.2, 0.25) is 5.91 Å². The molecule has 0 radical (unpaired) electrons. The molecule has 1 N–H and O–H groups in total. The van der Waals surface area contributed by atoms with Crippen LogP contribution in [0.5, 0.6) is 0 Å². The van der Waals surface area contributed by atoms with Crippen LogP contribution in [0.3, 0.4) is 0 Å². The number of cyclic esters (lactones) is 1. The van der Waals surface area contributed by atoms with E-state index in [1.165, 1.54) is 19.9 Å². The second-order valence-electron chi connectivity index (χ2n) is 7.24. The normalized spacial score (nSPS) is 32.3. The molecule has 0 aliphatic carbocycles. The molecule has 0 bridgehead atoms. The van der Waals surface area contributed by atoms with Gasteiger partial charge in [-0.2, -0.15) is 0 Å². The number of benzene rings is 1. The molecule has 2 fully saturated rings. The van der Waals surface area contributed by atoms with E-state index in [2.05, 4.69) is 0 Å². The predicted molar refractivity (Wildman–Crippen MR) is 88.7 cm³/mol. The fraction of sp³-hybridized carbons (Fsp3) is 0.471. The molecule has 3 aliphatic heterocycles. The maximum absolute atomic E-state index is 12.8. The van der Waals surface area contributed by atoms with Crippen LogP contribution in [0.4, 0.5) is 0 Å². The summed E-state index contributed by atoms with van der Waals surface area (Å²) < 4.78 is 34.3. The Labute approximate surface area is 154 Å². The molecule has 1 unspecified atom stereocenters. The van der Waals surface area contributed by atoms with Gasteiger partial charge in [-0.25, -0.2) is 18.0 Å². The first-order valence-electron chi connectivity index (χ1n) is 8.30. The Morgan fingerprint density at radius 1 is 1.30 bits per heavy atom. The minimum Gasteiger partial charge on any atom is -0.419 e. The van der Waals surface area contributed by atoms with Crippen molar-refractivity contribution in [3.05, 3.63) is 35.4 Å². The van der Waals surface area contributed by atoms with Crippen LogP contribution in [0, 0.1) is 5.92 Å². The topological polar surface area (TPSA) is 127 Å². The zero-order valence-electron chi connectivity index (χ0n) is 14.5. The van der Waals surface area contributed by atoms with Gasteiger partial charge in [-0.05, 0) is 19.9 Å². The van der Waals surface area contributed by atoms with Gasteiger partial charge in [0.15, 0.2) is 9.84 Å². The average Bonchev–Trinajstić information content (AvgIpc) is 2.98. The highest BCUT2D eigenvalue weighted by atomic mass is 32.2. The maximum Gasteiger partial charge on any atom is 0.342 e. The summed E-state index contributed by atoms with van der Waals surface area (Å²) in [6, 6.07) is 4.97. The zero-order valence-corrected chi connectivity index (χ0v) is 15.3. The number of aliphatic hydroxyl groups excluding tert-OH is 1. The van der Waals surface area contributed by atoms with Gasteiger partial charge in [0, 0.05) is 5.56 Å². The molecule has 3 heterocycles. The highest BCUT2D eigenvalue weighted by molar-refractivity contribution is 7.93. The van der Waals surface area contributed by atoms with Gasteiger partial charge in [-0.15, -0.1) is 0 Å². The lowest BCUT2D eigenvalue weighted by molar-refractivity contribution is -0.183. The number of aliphatic hydroxyl groups is 1. The van der Waals surface area contributed by atoms with Crippen molar-refractivity contribution in [3.63, 3.8) is 0 Å². The molecule has 0 spiro atoms. The minimum absolute atomic E-state index is 0.256. The molecule has 1 aromatic carbocycles. The van der Waals surface area contributed by atoms with E-state index in [-0.39, 0.29) is 5.56 Å². The van der Waals surface area contributed by atoms with E-state index in [4.69, 9.17) is 9.47 Å². The van der Waals surface area contributed by atoms with Crippen LogP contribution in [0.25, 0.3) is 0 Å². The lowest BCUT2D eigenvalue weighted by Gasteiger charge is -2.42. The number of β-lactam (4-membered cyclic amide) rings is 1. The van der Waals surface area contributed by atoms with Crippen molar-refractivity contribution in [1.29, 1.82) is 0 Å². The molecule has 0 saturated carbocycles. The minimum atomic E-state index is -3.92. The molecule has 4 rings (SSSR count). The number of nitrogens with zero attached hydrogens (tertiary/aromatic N) is 1. The number of carbonyl (C=O) groups is 3. The molecule has 10 heteroatoms. The second kappa shape index (κ2) is 5.52. The highest BCUT2D eigenvalue weighted by Gasteiger charge is 2.72. The van der Waals surface area contributed by atoms with Crippen molar-refractivity contribution in [1.82, 2.24) is 4.90 Å². The Hall–Kier alpha value is -2.46. The largest absolute Gasteiger partial charge is 0.419 e. The van der Waals surface area contributed by atoms with Crippen molar-refractivity contribution in [2.24, 2.45) is 5.92 Å². The van der Waals surface area contributed by atoms with E-state index in [1.807, 2.05) is 0 Å². The SMILES string of the molecule is CC1(C)[C@H](C(=O)OC2OC(=O)c3ccccc32)N2C(=O)[C@@H](CO)[C@H]2S1(=O)=O. The Morgan fingerprint density at radius 3 is 2.63 bits per heavy atom. The number of sulfone groups is 1. The molecule has 4 atom stereocenters. The van der Waals surface area contributed by atoms with Crippen molar-refractivity contribution in [2.75, 3.05) is 6.61 Å². The summed E-state index contributed by atoms with van der Waals surface area (Å²) in [6.07, 6.45) is -1.30. The van der Waals surface area contributed by atoms with Crippen LogP contribution in [-0.2, 0) is 28.9 Å². The first-order chi connectivity index (χ1) is 12.6. The summed E-state index contributed by atoms with van der Waals surface area (Å²) in [7, 11) is -3.92. The Kier molecular flexibility index (Phi) is 3.67. The first kappa shape index (κ1) is 17.9. The number of amides is 1. The summed E-state index contributed by atoms with van der Waals surface area (Å²) >= 11 is 0. The molecule has 2 saturated heterocycles. The number of carbonyl (C=O) groups excluding carboxylic acids is 3. The third-order valence-corrected chi connectivity index (χ3v) is 8.35. The fourth-order valence-electron chi connectivity index (χ4n) is 3.93. The monoisotopic (exact) mass is 395 g/mol. The molecule has 9 nitrogen and oxygen atoms in total. The van der Waals surface area contributed by atoms with Gasteiger partial charge < -0.3 is 19.5 Å². The quantitative estimate of drug-likeness (QED) is 0.548. The molecular weight excluding hydrogens is 378 g/mol. The van der Waals surface area contributed by atoms with Gasteiger partial charge in [0.05, 0.1) is 22.8 Å². The molecule has 1 aromatic rings. The van der Waals surface area contributed by atoms with Gasteiger partial charge in [0.1, 0.15) is 11.4 Å². The third-order valence-electron chi connectivity index (χ3n) is 5.47. The van der Waals surface area contributed by atoms with E-state index >= 15 is 0 Å². The molecule has 0 aromatic heterocycles. The number of rotatable bonds is 3. The van der Waals surface area contributed by atoms with Crippen molar-refractivity contribution in [2.45, 2.75) is 36.3 Å². The van der Waals surface area contributed by atoms with Crippen LogP contribution in [-0.4, -0.2) is 59.0 Å². The predicted octanol–water partition coefficient (Wildman–Crippen LogP) is -0.249. The van der Waals surface area contributed by atoms with Crippen LogP contribution in [0.15, 0.2) is 24.3 Å². The van der Waals surface area contributed by atoms with E-state index < -0.39 is 62.7 Å². The standard InChI is InChI=1S/C17H17NO8S/c1-17(2)11(18-12(20)10(7-19)13(18)27(17,23)24)15(22)26-16-9-6-4-3-5-8(9)14(21)25-16/h3-6,10-11,13,16,19H,7H2,1-2H3/t10-,11+,13-,16?/m1/s1. The van der Waals surface area contributed by atoms with Crippen molar-refractivity contribution in [3.8, 4) is 0 Å². The van der Waals surface area contributed by atoms with Crippen molar-refractivity contribution >= 4 is 27.7 Å². The summed E-state index contributed by atoms with van der Waals surface area (Å²) in [5, 5.41) is 8.05. The van der Waals surface area contributed by atoms with Gasteiger partial charge in [-0.3, -0.25) is 4.79 Å². The summed E-state index contributed by atoms with van der Waals surface area (Å²) in [4.78, 5) is 37.9. The van der Waals surface area contributed by atoms with E-state index in [0.717, 1.165) is 4.90 Å². The Bertz CT molecular complexity index is 969. The average molecular weight is 395 g/mol. The van der Waals surface area contributed by atoms with Gasteiger partial charge in [0.25, 0.3) is 6.29 Å². The number of hydrogen-bond donors (Lipinski definition) is 1. The molecule has 27 heavy (non-hydrogen) atoms. The lowest BCUT2D eigenvalue weighted by atomic mass is 9.92. The highest BCUT2D eigenvalue weighted by Crippen LogP contribution is 2.49. The van der Waals surface area contributed by atoms with E-state index in [0.29, 0.717) is 5.56 Å². The Morgan fingerprint density at radius 2 is 1.96 bits per heavy atom. The number of esters is 2. The number of ether oxygens (including phenoxy) is 2. The smallest absolute Gasteiger partial charge is 0.342 e. The van der Waals surface area contributed by atoms with Gasteiger partial charge >= 0.3 is 11.9 Å². The zero-order chi connectivity index (χ0) is 19.7. The third kappa shape index (κ3) is 2.13. The van der Waals surface area contributed by atoms with Crippen LogP contribution in [0.1, 0.15) is 36.1 Å². The van der Waals surface area contributed by atoms with Crippen LogP contribution < -0.4 is 0 Å². The van der Waals surface area contributed by atoms with Crippen LogP contribution >= 0.6 is 0 Å². The Balaban J connectivity index is 1.65. The fourth-order valence-corrected chi connectivity index (χ4v) is 6.23. The summed E-state index contributed by atoms with van der Waals surface area (Å²) in [6.45, 7) is 2.05. The summed E-state index contributed by atoms with van der Waals surface area (Å²) in [5.74, 6) is -3.34.